The van der Waals surface area contributed by atoms with E-state index in [9.17, 15) is 22.1 Å². The van der Waals surface area contributed by atoms with Crippen LogP contribution in [-0.2, 0) is 19.9 Å². The molecule has 0 aliphatic carbocycles. The van der Waals surface area contributed by atoms with Gasteiger partial charge in [-0.2, -0.15) is 14.7 Å². The zero-order chi connectivity index (χ0) is 28.3. The Morgan fingerprint density at radius 3 is 2.25 bits per heavy atom. The summed E-state index contributed by atoms with van der Waals surface area (Å²) in [6.45, 7) is 0.939. The third-order valence-electron chi connectivity index (χ3n) is 6.63. The van der Waals surface area contributed by atoms with Crippen LogP contribution in [0, 0.1) is 11.3 Å². The van der Waals surface area contributed by atoms with Gasteiger partial charge in [0.05, 0.1) is 15.5 Å². The third kappa shape index (κ3) is 5.60. The second-order valence-electron chi connectivity index (χ2n) is 9.28. The monoisotopic (exact) mass is 592 g/mol. The number of nitriles is 1. The van der Waals surface area contributed by atoms with E-state index in [0.29, 0.717) is 40.6 Å². The number of benzene rings is 3. The van der Waals surface area contributed by atoms with Gasteiger partial charge in [0, 0.05) is 35.4 Å². The van der Waals surface area contributed by atoms with Crippen LogP contribution in [0.5, 0.6) is 0 Å². The minimum absolute atomic E-state index is 0.0728. The molecule has 1 aliphatic rings. The second-order valence-corrected chi connectivity index (χ2v) is 13.6. The largest absolute Gasteiger partial charge is 0.243 e. The number of halogens is 1. The number of aromatic nitrogens is 2. The molecular formula is C29H25ClN4O4S2. The predicted octanol–water partition coefficient (Wildman–Crippen LogP) is 5.71. The first-order chi connectivity index (χ1) is 19.2. The quantitative estimate of drug-likeness (QED) is 0.254. The Balaban J connectivity index is 1.64. The molecule has 0 amide bonds. The summed E-state index contributed by atoms with van der Waals surface area (Å²) in [5.74, 6) is 0. The lowest BCUT2D eigenvalue weighted by Crippen LogP contribution is -2.35. The van der Waals surface area contributed by atoms with Gasteiger partial charge >= 0.3 is 0 Å². The van der Waals surface area contributed by atoms with Gasteiger partial charge in [0.25, 0.3) is 0 Å². The van der Waals surface area contributed by atoms with Gasteiger partial charge in [0.1, 0.15) is 16.7 Å². The Morgan fingerprint density at radius 1 is 0.875 bits per heavy atom. The van der Waals surface area contributed by atoms with Gasteiger partial charge in [-0.3, -0.25) is 0 Å². The zero-order valence-corrected chi connectivity index (χ0v) is 23.7. The fourth-order valence-corrected chi connectivity index (χ4v) is 7.38. The fourth-order valence-electron chi connectivity index (χ4n) is 4.54. The maximum absolute atomic E-state index is 13.4. The lowest BCUT2D eigenvalue weighted by Gasteiger charge is -2.26. The van der Waals surface area contributed by atoms with Crippen LogP contribution < -0.4 is 0 Å². The van der Waals surface area contributed by atoms with Gasteiger partial charge in [0.15, 0.2) is 0 Å². The first-order valence-electron chi connectivity index (χ1n) is 12.6. The van der Waals surface area contributed by atoms with E-state index < -0.39 is 24.8 Å². The molecule has 0 atom stereocenters. The molecule has 0 bridgehead atoms. The van der Waals surface area contributed by atoms with E-state index in [2.05, 4.69) is 5.10 Å². The molecule has 11 heteroatoms. The summed E-state index contributed by atoms with van der Waals surface area (Å²) in [5.41, 5.74) is 1.85. The normalized spacial score (nSPS) is 15.1. The molecule has 0 unspecified atom stereocenters. The third-order valence-corrected chi connectivity index (χ3v) is 10.5. The van der Waals surface area contributed by atoms with Gasteiger partial charge < -0.3 is 0 Å². The molecule has 0 saturated carbocycles. The Hall–Kier alpha value is -3.75. The van der Waals surface area contributed by atoms with Crippen LogP contribution in [0.15, 0.2) is 99.8 Å². The van der Waals surface area contributed by atoms with Crippen molar-refractivity contribution in [2.45, 2.75) is 29.1 Å². The number of hydrogen-bond donors (Lipinski definition) is 0. The first kappa shape index (κ1) is 27.8. The number of sulfonamides is 1. The lowest BCUT2D eigenvalue weighted by atomic mass is 10.1. The van der Waals surface area contributed by atoms with Crippen molar-refractivity contribution < 1.29 is 16.8 Å². The van der Waals surface area contributed by atoms with Crippen LogP contribution in [0.1, 0.15) is 24.8 Å². The molecule has 8 nitrogen and oxygen atoms in total. The van der Waals surface area contributed by atoms with Crippen molar-refractivity contribution in [3.8, 4) is 23.0 Å². The summed E-state index contributed by atoms with van der Waals surface area (Å²) in [6.07, 6.45) is 5.50. The average molecular weight is 593 g/mol. The minimum Gasteiger partial charge on any atom is -0.240 e. The molecule has 1 aromatic heterocycles. The molecule has 0 spiro atoms. The van der Waals surface area contributed by atoms with Crippen molar-refractivity contribution in [1.82, 2.24) is 14.1 Å². The molecule has 4 aromatic rings. The zero-order valence-electron chi connectivity index (χ0n) is 21.3. The lowest BCUT2D eigenvalue weighted by molar-refractivity contribution is 0.346. The Morgan fingerprint density at radius 2 is 1.57 bits per heavy atom. The fraction of sp³-hybridized carbons (Fsp3) is 0.172. The molecule has 1 saturated heterocycles. The van der Waals surface area contributed by atoms with Crippen molar-refractivity contribution in [2.24, 2.45) is 0 Å². The first-order valence-corrected chi connectivity index (χ1v) is 15.9. The van der Waals surface area contributed by atoms with E-state index in [1.165, 1.54) is 34.6 Å². The number of rotatable bonds is 7. The summed E-state index contributed by atoms with van der Waals surface area (Å²) in [6, 6.07) is 23.0. The average Bonchev–Trinajstić information content (AvgIpc) is 3.41. The SMILES string of the molecule is N#C/C(=C/c1cn(-c2ccccc2)nc1-c1cccc(S(=O)(=O)N2CCCCC2)c1)S(=O)(=O)c1ccc(Cl)cc1. The maximum Gasteiger partial charge on any atom is 0.243 e. The van der Waals surface area contributed by atoms with Crippen LogP contribution in [-0.4, -0.2) is 44.0 Å². The van der Waals surface area contributed by atoms with Crippen molar-refractivity contribution in [2.75, 3.05) is 13.1 Å². The van der Waals surface area contributed by atoms with E-state index in [-0.39, 0.29) is 9.79 Å². The van der Waals surface area contributed by atoms with Crippen LogP contribution >= 0.6 is 11.6 Å². The number of hydrogen-bond acceptors (Lipinski definition) is 6. The minimum atomic E-state index is -4.16. The number of nitrogens with zero attached hydrogens (tertiary/aromatic N) is 4. The standard InChI is InChI=1S/C29H25ClN4O4S2/c30-24-12-14-26(15-13-24)39(35,36)28(20-31)19-23-21-34(25-9-3-1-4-10-25)32-29(23)22-8-7-11-27(18-22)40(37,38)33-16-5-2-6-17-33/h1,3-4,7-15,18-19,21H,2,5-6,16-17H2/b28-19-. The highest BCUT2D eigenvalue weighted by Gasteiger charge is 2.27. The molecule has 0 radical (unpaired) electrons. The Bertz CT molecular complexity index is 1820. The van der Waals surface area contributed by atoms with Crippen molar-refractivity contribution in [1.29, 1.82) is 5.26 Å². The second kappa shape index (κ2) is 11.4. The van der Waals surface area contributed by atoms with Crippen LogP contribution in [0.25, 0.3) is 23.0 Å². The smallest absolute Gasteiger partial charge is 0.240 e. The van der Waals surface area contributed by atoms with E-state index in [1.807, 2.05) is 36.4 Å². The number of para-hydroxylation sites is 1. The molecule has 1 fully saturated rings. The summed E-state index contributed by atoms with van der Waals surface area (Å²) in [7, 11) is -7.88. The predicted molar refractivity (Wildman–Crippen MR) is 154 cm³/mol. The highest BCUT2D eigenvalue weighted by Crippen LogP contribution is 2.31. The van der Waals surface area contributed by atoms with Gasteiger partial charge in [-0.25, -0.2) is 21.5 Å². The molecule has 5 rings (SSSR count). The maximum atomic E-state index is 13.4. The van der Waals surface area contributed by atoms with Gasteiger partial charge in [-0.15, -0.1) is 0 Å². The molecule has 3 aromatic carbocycles. The van der Waals surface area contributed by atoms with Crippen LogP contribution in [0.4, 0.5) is 0 Å². The van der Waals surface area contributed by atoms with Gasteiger partial charge in [0.2, 0.25) is 19.9 Å². The van der Waals surface area contributed by atoms with E-state index in [1.54, 1.807) is 35.1 Å². The van der Waals surface area contributed by atoms with Crippen molar-refractivity contribution >= 4 is 37.5 Å². The van der Waals surface area contributed by atoms with Gasteiger partial charge in [-0.05, 0) is 67.4 Å². The molecule has 2 heterocycles. The van der Waals surface area contributed by atoms with Crippen molar-refractivity contribution in [3.05, 3.63) is 101 Å². The summed E-state index contributed by atoms with van der Waals surface area (Å²) >= 11 is 5.92. The van der Waals surface area contributed by atoms with Crippen molar-refractivity contribution in [3.63, 3.8) is 0 Å². The summed E-state index contributed by atoms with van der Waals surface area (Å²) in [5, 5.41) is 14.9. The van der Waals surface area contributed by atoms with E-state index >= 15 is 0 Å². The number of piperidine rings is 1. The number of allylic oxidation sites excluding steroid dienone is 1. The molecule has 204 valence electrons. The molecular weight excluding hydrogens is 568 g/mol. The topological polar surface area (TPSA) is 113 Å². The van der Waals surface area contributed by atoms with Gasteiger partial charge in [-0.1, -0.05) is 48.4 Å². The van der Waals surface area contributed by atoms with E-state index in [0.717, 1.165) is 19.3 Å². The summed E-state index contributed by atoms with van der Waals surface area (Å²) < 4.78 is 56.4. The Labute approximate surface area is 238 Å². The molecule has 40 heavy (non-hydrogen) atoms. The number of sulfone groups is 1. The van der Waals surface area contributed by atoms with Crippen LogP contribution in [0.2, 0.25) is 5.02 Å². The molecule has 1 aliphatic heterocycles. The molecule has 0 N–H and O–H groups in total. The highest BCUT2D eigenvalue weighted by molar-refractivity contribution is 7.95. The summed E-state index contributed by atoms with van der Waals surface area (Å²) in [4.78, 5) is -0.428. The van der Waals surface area contributed by atoms with Crippen LogP contribution in [0.3, 0.4) is 0 Å². The Kier molecular flexibility index (Phi) is 7.92. The highest BCUT2D eigenvalue weighted by atomic mass is 35.5. The van der Waals surface area contributed by atoms with E-state index in [4.69, 9.17) is 11.6 Å².